The van der Waals surface area contributed by atoms with E-state index in [1.807, 2.05) is 0 Å². The fourth-order valence-electron chi connectivity index (χ4n) is 2.44. The number of nitrogens with two attached hydrogens (primary N) is 1. The summed E-state index contributed by atoms with van der Waals surface area (Å²) in [5.74, 6) is 0.592. The van der Waals surface area contributed by atoms with Gasteiger partial charge >= 0.3 is 0 Å². The van der Waals surface area contributed by atoms with Gasteiger partial charge in [0, 0.05) is 30.7 Å². The molecule has 19 heavy (non-hydrogen) atoms. The zero-order valence-electron chi connectivity index (χ0n) is 11.4. The van der Waals surface area contributed by atoms with Crippen molar-refractivity contribution in [2.24, 2.45) is 5.92 Å². The van der Waals surface area contributed by atoms with Crippen LogP contribution in [0, 0.1) is 5.92 Å². The van der Waals surface area contributed by atoms with Crippen LogP contribution >= 0.6 is 11.3 Å². The third-order valence-corrected chi connectivity index (χ3v) is 6.72. The van der Waals surface area contributed by atoms with E-state index in [1.165, 1.54) is 11.3 Å². The first-order valence-electron chi connectivity index (χ1n) is 6.38. The number of hydrogen-bond acceptors (Lipinski definition) is 5. The summed E-state index contributed by atoms with van der Waals surface area (Å²) >= 11 is 1.20. The molecule has 2 heterocycles. The van der Waals surface area contributed by atoms with E-state index < -0.39 is 10.0 Å². The monoisotopic (exact) mass is 303 g/mol. The van der Waals surface area contributed by atoms with Gasteiger partial charge in [-0.05, 0) is 38.9 Å². The Morgan fingerprint density at radius 2 is 2.05 bits per heavy atom. The maximum absolute atomic E-state index is 12.4. The largest absolute Gasteiger partial charge is 0.398 e. The third kappa shape index (κ3) is 3.47. The number of piperidine rings is 1. The van der Waals surface area contributed by atoms with Crippen molar-refractivity contribution in [1.82, 2.24) is 9.21 Å². The quantitative estimate of drug-likeness (QED) is 0.910. The molecule has 0 saturated carbocycles. The van der Waals surface area contributed by atoms with Crippen LogP contribution in [0.3, 0.4) is 0 Å². The first-order chi connectivity index (χ1) is 8.89. The van der Waals surface area contributed by atoms with Gasteiger partial charge in [-0.25, -0.2) is 8.42 Å². The van der Waals surface area contributed by atoms with Gasteiger partial charge in [0.2, 0.25) is 0 Å². The second kappa shape index (κ2) is 5.78. The molecule has 0 amide bonds. The fraction of sp³-hybridized carbons (Fsp3) is 0.667. The average molecular weight is 303 g/mol. The first kappa shape index (κ1) is 14.8. The average Bonchev–Trinajstić information content (AvgIpc) is 2.76. The summed E-state index contributed by atoms with van der Waals surface area (Å²) in [4.78, 5) is 2.16. The third-order valence-electron chi connectivity index (χ3n) is 3.39. The minimum atomic E-state index is -3.33. The maximum atomic E-state index is 12.4. The Morgan fingerprint density at radius 1 is 1.42 bits per heavy atom. The second-order valence-electron chi connectivity index (χ2n) is 5.31. The molecule has 0 atom stereocenters. The molecule has 0 spiro atoms. The van der Waals surface area contributed by atoms with Crippen molar-refractivity contribution in [2.45, 2.75) is 17.1 Å². The van der Waals surface area contributed by atoms with Crippen LogP contribution in [0.15, 0.2) is 15.7 Å². The van der Waals surface area contributed by atoms with Gasteiger partial charge < -0.3 is 10.6 Å². The van der Waals surface area contributed by atoms with Gasteiger partial charge in [0.25, 0.3) is 10.0 Å². The van der Waals surface area contributed by atoms with Crippen LogP contribution in [0.25, 0.3) is 0 Å². The van der Waals surface area contributed by atoms with Gasteiger partial charge in [0.1, 0.15) is 4.21 Å². The molecule has 1 aromatic heterocycles. The highest BCUT2D eigenvalue weighted by molar-refractivity contribution is 7.91. The van der Waals surface area contributed by atoms with E-state index in [-0.39, 0.29) is 0 Å². The minimum absolute atomic E-state index is 0.357. The van der Waals surface area contributed by atoms with Crippen molar-refractivity contribution in [3.8, 4) is 0 Å². The summed E-state index contributed by atoms with van der Waals surface area (Å²) < 4.78 is 26.7. The van der Waals surface area contributed by atoms with Crippen molar-refractivity contribution in [2.75, 3.05) is 39.5 Å². The molecule has 0 radical (unpaired) electrons. The minimum Gasteiger partial charge on any atom is -0.398 e. The number of hydrogen-bond donors (Lipinski definition) is 1. The number of sulfonamides is 1. The van der Waals surface area contributed by atoms with E-state index in [2.05, 4.69) is 19.0 Å². The molecule has 1 aliphatic heterocycles. The summed E-state index contributed by atoms with van der Waals surface area (Å²) in [5, 5.41) is 1.67. The molecule has 0 unspecified atom stereocenters. The van der Waals surface area contributed by atoms with Crippen LogP contribution in [-0.4, -0.2) is 51.4 Å². The molecule has 2 rings (SSSR count). The van der Waals surface area contributed by atoms with Crippen LogP contribution in [0.5, 0.6) is 0 Å². The van der Waals surface area contributed by atoms with Crippen LogP contribution in [0.2, 0.25) is 0 Å². The Bertz CT molecular complexity index is 517. The Labute approximate surface area is 119 Å². The smallest absolute Gasteiger partial charge is 0.252 e. The lowest BCUT2D eigenvalue weighted by Crippen LogP contribution is -2.40. The molecule has 1 aromatic rings. The van der Waals surface area contributed by atoms with Crippen molar-refractivity contribution in [1.29, 1.82) is 0 Å². The van der Waals surface area contributed by atoms with Gasteiger partial charge in [-0.3, -0.25) is 0 Å². The topological polar surface area (TPSA) is 66.6 Å². The van der Waals surface area contributed by atoms with Gasteiger partial charge in [0.15, 0.2) is 0 Å². The summed E-state index contributed by atoms with van der Waals surface area (Å²) in [5.41, 5.74) is 6.12. The molecule has 0 aromatic carbocycles. The number of nitrogen functional groups attached to an aromatic ring is 1. The zero-order valence-corrected chi connectivity index (χ0v) is 13.0. The van der Waals surface area contributed by atoms with Gasteiger partial charge in [0.05, 0.1) is 0 Å². The normalized spacial score (nSPS) is 19.1. The van der Waals surface area contributed by atoms with Crippen LogP contribution in [0.1, 0.15) is 12.8 Å². The van der Waals surface area contributed by atoms with Crippen molar-refractivity contribution in [3.63, 3.8) is 0 Å². The molecule has 108 valence electrons. The standard InChI is InChI=1S/C12H21N3O2S2/c1-14(2)8-10-3-5-15(6-4-10)19(16,17)12-7-11(13)9-18-12/h7,9-10H,3-6,8,13H2,1-2H3. The van der Waals surface area contributed by atoms with E-state index in [9.17, 15) is 8.42 Å². The number of thiophene rings is 1. The Morgan fingerprint density at radius 3 is 2.53 bits per heavy atom. The summed E-state index contributed by atoms with van der Waals surface area (Å²) in [6, 6.07) is 1.55. The molecular weight excluding hydrogens is 282 g/mol. The highest BCUT2D eigenvalue weighted by Gasteiger charge is 2.30. The predicted octanol–water partition coefficient (Wildman–Crippen LogP) is 1.29. The van der Waals surface area contributed by atoms with E-state index in [4.69, 9.17) is 5.73 Å². The summed E-state index contributed by atoms with van der Waals surface area (Å²) in [6.07, 6.45) is 1.86. The molecule has 2 N–H and O–H groups in total. The van der Waals surface area contributed by atoms with Gasteiger partial charge in [-0.15, -0.1) is 11.3 Å². The van der Waals surface area contributed by atoms with E-state index in [1.54, 1.807) is 15.8 Å². The molecule has 1 fully saturated rings. The molecular formula is C12H21N3O2S2. The summed E-state index contributed by atoms with van der Waals surface area (Å²) in [6.45, 7) is 2.25. The number of rotatable bonds is 4. The molecule has 7 heteroatoms. The lowest BCUT2D eigenvalue weighted by molar-refractivity contribution is 0.225. The Hall–Kier alpha value is -0.630. The first-order valence-corrected chi connectivity index (χ1v) is 8.70. The van der Waals surface area contributed by atoms with Crippen LogP contribution in [0.4, 0.5) is 5.69 Å². The highest BCUT2D eigenvalue weighted by atomic mass is 32.2. The fourth-order valence-corrected chi connectivity index (χ4v) is 5.14. The van der Waals surface area contributed by atoms with Gasteiger partial charge in [-0.2, -0.15) is 4.31 Å². The number of anilines is 1. The molecule has 0 bridgehead atoms. The second-order valence-corrected chi connectivity index (χ2v) is 8.38. The predicted molar refractivity (Wildman–Crippen MR) is 78.8 cm³/mol. The lowest BCUT2D eigenvalue weighted by atomic mass is 9.98. The summed E-state index contributed by atoms with van der Waals surface area (Å²) in [7, 11) is 0.771. The van der Waals surface area contributed by atoms with Crippen molar-refractivity contribution < 1.29 is 8.42 Å². The molecule has 0 aliphatic carbocycles. The van der Waals surface area contributed by atoms with Crippen molar-refractivity contribution >= 4 is 27.0 Å². The highest BCUT2D eigenvalue weighted by Crippen LogP contribution is 2.28. The SMILES string of the molecule is CN(C)CC1CCN(S(=O)(=O)c2cc(N)cs2)CC1. The van der Waals surface area contributed by atoms with E-state index >= 15 is 0 Å². The lowest BCUT2D eigenvalue weighted by Gasteiger charge is -2.32. The molecule has 1 saturated heterocycles. The van der Waals surface area contributed by atoms with Crippen LogP contribution < -0.4 is 5.73 Å². The molecule has 1 aliphatic rings. The molecule has 5 nitrogen and oxygen atoms in total. The van der Waals surface area contributed by atoms with Gasteiger partial charge in [-0.1, -0.05) is 0 Å². The van der Waals surface area contributed by atoms with Crippen molar-refractivity contribution in [3.05, 3.63) is 11.4 Å². The Balaban J connectivity index is 2.01. The maximum Gasteiger partial charge on any atom is 0.252 e. The Kier molecular flexibility index (Phi) is 4.50. The van der Waals surface area contributed by atoms with E-state index in [0.717, 1.165) is 19.4 Å². The zero-order chi connectivity index (χ0) is 14.0. The van der Waals surface area contributed by atoms with Crippen LogP contribution in [-0.2, 0) is 10.0 Å². The van der Waals surface area contributed by atoms with E-state index in [0.29, 0.717) is 28.9 Å². The number of nitrogens with zero attached hydrogens (tertiary/aromatic N) is 2.